The molecule has 0 saturated carbocycles. The molecule has 0 unspecified atom stereocenters. The molecular formula is C16H30N2O2S. The van der Waals surface area contributed by atoms with Crippen LogP contribution in [0.3, 0.4) is 0 Å². The van der Waals surface area contributed by atoms with Crippen LogP contribution in [0.5, 0.6) is 0 Å². The lowest BCUT2D eigenvalue weighted by Gasteiger charge is -2.21. The summed E-state index contributed by atoms with van der Waals surface area (Å²) < 4.78 is 11.0. The summed E-state index contributed by atoms with van der Waals surface area (Å²) in [6, 6.07) is 4.47. The van der Waals surface area contributed by atoms with Gasteiger partial charge in [-0.3, -0.25) is 4.90 Å². The molecule has 0 bridgehead atoms. The average Bonchev–Trinajstić information content (AvgIpc) is 2.93. The summed E-state index contributed by atoms with van der Waals surface area (Å²) in [7, 11) is 0. The summed E-state index contributed by atoms with van der Waals surface area (Å²) in [5.41, 5.74) is 0. The Kier molecular flexibility index (Phi) is 10.7. The molecule has 0 atom stereocenters. The predicted octanol–water partition coefficient (Wildman–Crippen LogP) is 2.73. The van der Waals surface area contributed by atoms with E-state index in [9.17, 15) is 0 Å². The lowest BCUT2D eigenvalue weighted by atomic mass is 10.3. The molecule has 4 nitrogen and oxygen atoms in total. The second-order valence-electron chi connectivity index (χ2n) is 4.82. The van der Waals surface area contributed by atoms with Crippen molar-refractivity contribution in [3.8, 4) is 0 Å². The van der Waals surface area contributed by atoms with Gasteiger partial charge >= 0.3 is 0 Å². The van der Waals surface area contributed by atoms with Crippen molar-refractivity contribution in [3.05, 3.63) is 21.9 Å². The largest absolute Gasteiger partial charge is 0.380 e. The van der Waals surface area contributed by atoms with E-state index in [0.717, 1.165) is 59.2 Å². The number of thiophene rings is 1. The van der Waals surface area contributed by atoms with E-state index >= 15 is 0 Å². The van der Waals surface area contributed by atoms with Gasteiger partial charge in [0.2, 0.25) is 0 Å². The number of nitrogens with one attached hydrogen (secondary N) is 1. The molecule has 1 heterocycles. The molecule has 0 aliphatic rings. The second kappa shape index (κ2) is 12.1. The zero-order valence-corrected chi connectivity index (χ0v) is 14.5. The first-order chi connectivity index (χ1) is 10.3. The summed E-state index contributed by atoms with van der Waals surface area (Å²) in [4.78, 5) is 5.23. The van der Waals surface area contributed by atoms with Gasteiger partial charge in [-0.2, -0.15) is 0 Å². The van der Waals surface area contributed by atoms with Crippen molar-refractivity contribution in [2.45, 2.75) is 33.9 Å². The van der Waals surface area contributed by atoms with Gasteiger partial charge in [-0.25, -0.2) is 0 Å². The van der Waals surface area contributed by atoms with Crippen LogP contribution in [0.2, 0.25) is 0 Å². The minimum Gasteiger partial charge on any atom is -0.380 e. The highest BCUT2D eigenvalue weighted by molar-refractivity contribution is 7.11. The average molecular weight is 314 g/mol. The highest BCUT2D eigenvalue weighted by atomic mass is 32.1. The molecule has 21 heavy (non-hydrogen) atoms. The van der Waals surface area contributed by atoms with Crippen molar-refractivity contribution in [2.24, 2.45) is 0 Å². The maximum atomic E-state index is 5.48. The van der Waals surface area contributed by atoms with Gasteiger partial charge in [0, 0.05) is 49.1 Å². The van der Waals surface area contributed by atoms with Crippen molar-refractivity contribution in [1.82, 2.24) is 10.2 Å². The number of rotatable bonds is 13. The molecule has 0 aromatic carbocycles. The number of hydrogen-bond donors (Lipinski definition) is 1. The number of nitrogens with zero attached hydrogens (tertiary/aromatic N) is 1. The summed E-state index contributed by atoms with van der Waals surface area (Å²) in [5, 5.41) is 3.37. The van der Waals surface area contributed by atoms with E-state index in [1.54, 1.807) is 0 Å². The van der Waals surface area contributed by atoms with E-state index in [2.05, 4.69) is 29.3 Å². The Bertz CT molecular complexity index is 348. The molecule has 1 N–H and O–H groups in total. The molecule has 1 aromatic heterocycles. The molecule has 0 spiro atoms. The summed E-state index contributed by atoms with van der Waals surface area (Å²) in [6.45, 7) is 14.2. The highest BCUT2D eigenvalue weighted by Crippen LogP contribution is 2.18. The lowest BCUT2D eigenvalue weighted by Crippen LogP contribution is -2.30. The maximum absolute atomic E-state index is 5.48. The van der Waals surface area contributed by atoms with Crippen LogP contribution < -0.4 is 5.32 Å². The molecule has 0 fully saturated rings. The lowest BCUT2D eigenvalue weighted by molar-refractivity contribution is 0.0802. The smallest absolute Gasteiger partial charge is 0.0593 e. The first kappa shape index (κ1) is 18.6. The summed E-state index contributed by atoms with van der Waals surface area (Å²) in [6.07, 6.45) is 0. The van der Waals surface area contributed by atoms with Gasteiger partial charge < -0.3 is 14.8 Å². The Balaban J connectivity index is 2.43. The first-order valence-corrected chi connectivity index (χ1v) is 8.77. The van der Waals surface area contributed by atoms with Gasteiger partial charge in [-0.05, 0) is 32.5 Å². The van der Waals surface area contributed by atoms with E-state index in [-0.39, 0.29) is 0 Å². The molecule has 0 aliphatic carbocycles. The zero-order valence-electron chi connectivity index (χ0n) is 13.7. The van der Waals surface area contributed by atoms with Crippen LogP contribution in [0, 0.1) is 0 Å². The Morgan fingerprint density at radius 2 is 1.62 bits per heavy atom. The molecule has 0 saturated heterocycles. The van der Waals surface area contributed by atoms with Crippen LogP contribution in [-0.4, -0.2) is 51.0 Å². The Morgan fingerprint density at radius 3 is 2.19 bits per heavy atom. The summed E-state index contributed by atoms with van der Waals surface area (Å²) in [5.74, 6) is 0. The third-order valence-electron chi connectivity index (χ3n) is 3.16. The first-order valence-electron chi connectivity index (χ1n) is 7.96. The van der Waals surface area contributed by atoms with Crippen LogP contribution in [-0.2, 0) is 22.6 Å². The van der Waals surface area contributed by atoms with Gasteiger partial charge in [0.15, 0.2) is 0 Å². The minimum atomic E-state index is 0.783. The molecule has 0 amide bonds. The van der Waals surface area contributed by atoms with Crippen LogP contribution in [0.15, 0.2) is 12.1 Å². The van der Waals surface area contributed by atoms with Gasteiger partial charge in [0.25, 0.3) is 0 Å². The molecule has 0 aliphatic heterocycles. The van der Waals surface area contributed by atoms with Crippen molar-refractivity contribution < 1.29 is 9.47 Å². The van der Waals surface area contributed by atoms with E-state index in [0.29, 0.717) is 0 Å². The van der Waals surface area contributed by atoms with Crippen molar-refractivity contribution in [2.75, 3.05) is 46.1 Å². The Labute approximate surface area is 133 Å². The molecule has 1 rings (SSSR count). The van der Waals surface area contributed by atoms with Crippen molar-refractivity contribution in [1.29, 1.82) is 0 Å². The van der Waals surface area contributed by atoms with Gasteiger partial charge in [0.1, 0.15) is 0 Å². The summed E-state index contributed by atoms with van der Waals surface area (Å²) >= 11 is 1.89. The van der Waals surface area contributed by atoms with Crippen LogP contribution in [0.25, 0.3) is 0 Å². The zero-order chi connectivity index (χ0) is 15.3. The SMILES string of the molecule is CCNCc1ccc(CN(CCOCC)CCOCC)s1. The third kappa shape index (κ3) is 8.53. The van der Waals surface area contributed by atoms with Gasteiger partial charge in [0.05, 0.1) is 13.2 Å². The van der Waals surface area contributed by atoms with E-state index < -0.39 is 0 Å². The monoisotopic (exact) mass is 314 g/mol. The van der Waals surface area contributed by atoms with Crippen molar-refractivity contribution >= 4 is 11.3 Å². The standard InChI is InChI=1S/C16H30N2O2S/c1-4-17-13-15-7-8-16(21-15)14-18(9-11-19-5-2)10-12-20-6-3/h7-8,17H,4-6,9-14H2,1-3H3. The minimum absolute atomic E-state index is 0.783. The molecule has 0 radical (unpaired) electrons. The van der Waals surface area contributed by atoms with Crippen molar-refractivity contribution in [3.63, 3.8) is 0 Å². The molecular weight excluding hydrogens is 284 g/mol. The second-order valence-corrected chi connectivity index (χ2v) is 6.07. The fourth-order valence-corrected chi connectivity index (χ4v) is 3.05. The Morgan fingerprint density at radius 1 is 1.00 bits per heavy atom. The van der Waals surface area contributed by atoms with E-state index in [1.165, 1.54) is 9.75 Å². The number of ether oxygens (including phenoxy) is 2. The van der Waals surface area contributed by atoms with Gasteiger partial charge in [-0.1, -0.05) is 6.92 Å². The predicted molar refractivity (Wildman–Crippen MR) is 90.0 cm³/mol. The molecule has 1 aromatic rings. The fraction of sp³-hybridized carbons (Fsp3) is 0.750. The number of hydrogen-bond acceptors (Lipinski definition) is 5. The quantitative estimate of drug-likeness (QED) is 0.568. The van der Waals surface area contributed by atoms with Crippen LogP contribution in [0.4, 0.5) is 0 Å². The highest BCUT2D eigenvalue weighted by Gasteiger charge is 2.08. The van der Waals surface area contributed by atoms with E-state index in [4.69, 9.17) is 9.47 Å². The topological polar surface area (TPSA) is 33.7 Å². The third-order valence-corrected chi connectivity index (χ3v) is 4.23. The molecule has 5 heteroatoms. The maximum Gasteiger partial charge on any atom is 0.0593 e. The van der Waals surface area contributed by atoms with Crippen LogP contribution >= 0.6 is 11.3 Å². The van der Waals surface area contributed by atoms with E-state index in [1.807, 2.05) is 25.2 Å². The normalized spacial score (nSPS) is 11.4. The van der Waals surface area contributed by atoms with Gasteiger partial charge in [-0.15, -0.1) is 11.3 Å². The van der Waals surface area contributed by atoms with Crippen LogP contribution in [0.1, 0.15) is 30.5 Å². The fourth-order valence-electron chi connectivity index (χ4n) is 2.02. The molecule has 122 valence electrons. The Hall–Kier alpha value is -0.460.